The maximum absolute atomic E-state index is 9.02. The molecule has 0 amide bonds. The van der Waals surface area contributed by atoms with E-state index >= 15 is 0 Å². The summed E-state index contributed by atoms with van der Waals surface area (Å²) in [6.07, 6.45) is 7.68. The molecule has 2 aromatic heterocycles. The standard InChI is InChI=1S/C6H7ClN2O.C4H3ClN2.C2H4O.5HI.2V/c1-4(10)5-6(7)9-3-2-8-5;5-4-3-6-1-2-7-4;1-2-3;;;;;;;/h2-4,10H,1H3;1-3H;2H,1H3;5*1H;;/q;;;;;;;;+2;+3/p-5. The van der Waals surface area contributed by atoms with E-state index in [1.165, 1.54) is 25.5 Å². The zero-order chi connectivity index (χ0) is 21.7. The number of carbonyl (C=O) groups is 1. The fraction of sp³-hybridized carbons (Fsp3) is 0.250. The first-order valence-corrected chi connectivity index (χ1v) is 29.6. The predicted molar refractivity (Wildman–Crippen MR) is 147 cm³/mol. The van der Waals surface area contributed by atoms with Crippen molar-refractivity contribution in [2.45, 2.75) is 20.0 Å². The zero-order valence-electron chi connectivity index (χ0n) is 13.7. The van der Waals surface area contributed by atoms with E-state index in [9.17, 15) is 0 Å². The fourth-order valence-electron chi connectivity index (χ4n) is 0.893. The van der Waals surface area contributed by atoms with Crippen LogP contribution < -0.4 is 0 Å². The molecule has 0 fully saturated rings. The van der Waals surface area contributed by atoms with Crippen molar-refractivity contribution in [3.05, 3.63) is 47.0 Å². The minimum atomic E-state index is -0.652. The van der Waals surface area contributed by atoms with Crippen molar-refractivity contribution in [3.63, 3.8) is 0 Å². The molecule has 0 saturated heterocycles. The monoisotopic (exact) mass is 1050 g/mol. The number of hydrogen-bond donors (Lipinski definition) is 1. The number of aliphatic hydroxyl groups excluding tert-OH is 1. The van der Waals surface area contributed by atoms with Gasteiger partial charge in [-0.3, -0.25) is 9.97 Å². The third kappa shape index (κ3) is 31.5. The van der Waals surface area contributed by atoms with Crippen LogP contribution in [-0.2, 0) is 19.2 Å². The predicted octanol–water partition coefficient (Wildman–Crippen LogP) is 6.94. The number of aldehydes is 1. The molecule has 2 heterocycles. The number of hydrogen-bond acceptors (Lipinski definition) is 6. The Balaban J connectivity index is -0.000000296. The van der Waals surface area contributed by atoms with Gasteiger partial charge < -0.3 is 9.90 Å². The van der Waals surface area contributed by atoms with Crippen molar-refractivity contribution in [1.82, 2.24) is 19.9 Å². The van der Waals surface area contributed by atoms with Crippen molar-refractivity contribution in [1.29, 1.82) is 0 Å². The van der Waals surface area contributed by atoms with Crippen molar-refractivity contribution < 1.29 is 24.3 Å². The molecule has 153 valence electrons. The van der Waals surface area contributed by atoms with Gasteiger partial charge in [-0.2, -0.15) is 0 Å². The third-order valence-corrected chi connectivity index (χ3v) is 2.09. The van der Waals surface area contributed by atoms with E-state index in [-0.39, 0.29) is 10.1 Å². The van der Waals surface area contributed by atoms with Crippen LogP contribution in [-0.4, -0.2) is 31.3 Å². The minimum absolute atomic E-state index is 0.262. The Labute approximate surface area is 235 Å². The molecule has 0 aliphatic heterocycles. The Morgan fingerprint density at radius 2 is 1.52 bits per heavy atom. The van der Waals surface area contributed by atoms with Crippen molar-refractivity contribution >= 4 is 129 Å². The molecule has 15 heteroatoms. The first-order valence-electron chi connectivity index (χ1n) is 6.33. The Morgan fingerprint density at radius 3 is 1.74 bits per heavy atom. The van der Waals surface area contributed by atoms with Crippen LogP contribution in [0.4, 0.5) is 0 Å². The molecule has 2 rings (SSSR count). The van der Waals surface area contributed by atoms with Crippen LogP contribution >= 0.6 is 123 Å². The van der Waals surface area contributed by atoms with Crippen LogP contribution in [0.2, 0.25) is 10.3 Å². The van der Waals surface area contributed by atoms with E-state index in [2.05, 4.69) is 120 Å². The van der Waals surface area contributed by atoms with Gasteiger partial charge in [-0.1, -0.05) is 23.2 Å². The van der Waals surface area contributed by atoms with E-state index in [0.717, 1.165) is 6.29 Å². The normalized spacial score (nSPS) is 9.44. The molecule has 0 aliphatic rings. The molecule has 27 heavy (non-hydrogen) atoms. The molecule has 6 nitrogen and oxygen atoms in total. The Morgan fingerprint density at radius 1 is 1.11 bits per heavy atom. The number of carbonyl (C=O) groups excluding carboxylic acids is 1. The average Bonchev–Trinajstić information content (AvgIpc) is 2.57. The second-order valence-corrected chi connectivity index (χ2v) is 51.3. The van der Waals surface area contributed by atoms with E-state index < -0.39 is 6.10 Å². The summed E-state index contributed by atoms with van der Waals surface area (Å²) < 4.78 is 0. The summed E-state index contributed by atoms with van der Waals surface area (Å²) in [5.74, 6) is 0. The van der Waals surface area contributed by atoms with E-state index in [4.69, 9.17) is 33.1 Å². The van der Waals surface area contributed by atoms with Crippen LogP contribution in [0.5, 0.6) is 0 Å². The average molecular weight is 1050 g/mol. The molecule has 1 N–H and O–H groups in total. The van der Waals surface area contributed by atoms with Gasteiger partial charge in [-0.15, -0.1) is 0 Å². The summed E-state index contributed by atoms with van der Waals surface area (Å²) in [6, 6.07) is 0. The summed E-state index contributed by atoms with van der Waals surface area (Å²) in [5.41, 5.74) is 0.421. The molecule has 0 aliphatic carbocycles. The van der Waals surface area contributed by atoms with Crippen molar-refractivity contribution in [2.24, 2.45) is 0 Å². The molecule has 0 radical (unpaired) electrons. The van der Waals surface area contributed by atoms with Crippen LogP contribution in [0.3, 0.4) is 0 Å². The van der Waals surface area contributed by atoms with Gasteiger partial charge in [0.15, 0.2) is 5.15 Å². The number of aromatic nitrogens is 4. The van der Waals surface area contributed by atoms with Crippen molar-refractivity contribution in [2.75, 3.05) is 0 Å². The van der Waals surface area contributed by atoms with Gasteiger partial charge in [0.2, 0.25) is 0 Å². The Bertz CT molecular complexity index is 578. The van der Waals surface area contributed by atoms with E-state index in [1.54, 1.807) is 19.3 Å². The van der Waals surface area contributed by atoms with Gasteiger partial charge in [0.1, 0.15) is 17.1 Å². The van der Waals surface area contributed by atoms with Gasteiger partial charge in [0.05, 0.1) is 12.3 Å². The number of aliphatic hydroxyl groups is 1. The molecule has 0 aromatic carbocycles. The molecule has 0 bridgehead atoms. The molecular formula is C12H14Cl2I5N4O2V2. The number of nitrogens with zero attached hydrogens (tertiary/aromatic N) is 4. The van der Waals surface area contributed by atoms with E-state index in [0.29, 0.717) is 20.3 Å². The first kappa shape index (κ1) is 34.8. The SMILES string of the molecule is CC(O)c1nccnc1Cl.CC=O.Clc1cnccn1.[I][V]([I])[I].[I][V][I]. The molecule has 1 unspecified atom stereocenters. The quantitative estimate of drug-likeness (QED) is 0.246. The first-order chi connectivity index (χ1) is 12.7. The van der Waals surface area contributed by atoms with Crippen LogP contribution in [0.15, 0.2) is 31.0 Å². The topological polar surface area (TPSA) is 88.9 Å². The van der Waals surface area contributed by atoms with Gasteiger partial charge in [0, 0.05) is 24.8 Å². The molecule has 0 spiro atoms. The maximum atomic E-state index is 9.02. The molecular weight excluding hydrogens is 1040 g/mol. The Hall–Kier alpha value is 3.19. The fourth-order valence-corrected chi connectivity index (χ4v) is 1.27. The van der Waals surface area contributed by atoms with Gasteiger partial charge in [-0.25, -0.2) is 9.97 Å². The summed E-state index contributed by atoms with van der Waals surface area (Å²) in [7, 11) is 0.628. The number of rotatable bonds is 1. The molecule has 0 saturated carbocycles. The third-order valence-electron chi connectivity index (χ3n) is 1.61. The molecule has 1 atom stereocenters. The number of halogens is 7. The Kier molecular flexibility index (Phi) is 35.1. The van der Waals surface area contributed by atoms with Crippen LogP contribution in [0, 0.1) is 0 Å². The van der Waals surface area contributed by atoms with Crippen LogP contribution in [0.25, 0.3) is 0 Å². The van der Waals surface area contributed by atoms with Gasteiger partial charge in [0.25, 0.3) is 0 Å². The second kappa shape index (κ2) is 27.2. The van der Waals surface area contributed by atoms with E-state index in [1.807, 2.05) is 0 Å². The van der Waals surface area contributed by atoms with Gasteiger partial charge in [-0.05, 0) is 13.8 Å². The van der Waals surface area contributed by atoms with Gasteiger partial charge >= 0.3 is 114 Å². The molecule has 2 aromatic rings. The second-order valence-electron chi connectivity index (χ2n) is 3.43. The summed E-state index contributed by atoms with van der Waals surface area (Å²) in [4.78, 5) is 23.5. The van der Waals surface area contributed by atoms with Crippen molar-refractivity contribution in [3.8, 4) is 0 Å². The summed E-state index contributed by atoms with van der Waals surface area (Å²) in [5, 5.41) is 9.71. The summed E-state index contributed by atoms with van der Waals surface area (Å²) >= 11 is 23.1. The summed E-state index contributed by atoms with van der Waals surface area (Å²) in [6.45, 7) is 3.04. The zero-order valence-corrected chi connectivity index (χ0v) is 28.8. The van der Waals surface area contributed by atoms with Crippen LogP contribution in [0.1, 0.15) is 25.6 Å².